The molecule has 6 rings (SSSR count). The Morgan fingerprint density at radius 3 is 2.25 bits per heavy atom. The van der Waals surface area contributed by atoms with Gasteiger partial charge in [-0.3, -0.25) is 14.4 Å². The van der Waals surface area contributed by atoms with Crippen LogP contribution in [-0.2, 0) is 10.2 Å². The van der Waals surface area contributed by atoms with Gasteiger partial charge >= 0.3 is 0 Å². The number of unbranched alkanes of at least 4 members (excludes halogenated alkanes) is 1. The van der Waals surface area contributed by atoms with Crippen molar-refractivity contribution in [2.75, 3.05) is 6.54 Å². The molecular weight excluding hydrogens is 550 g/mol. The zero-order valence-corrected chi connectivity index (χ0v) is 26.4. The molecule has 2 aromatic rings. The Morgan fingerprint density at radius 2 is 1.61 bits per heavy atom. The standard InChI is InChI=1S/C38H37NO5/c1-8-9-14-39-28-13-12-23(31-35(42)37(44)36(31)43)17-27(28)38(6,7)29(39)18-26-33(40)32(34(26)41)25-15-21(5)24-16-22(19(2)3)11-10-20(4)30(24)25/h10-13,15-19H,8-9,14H2,1-7H3,(H-,40,41,42,43)/p+1. The fraction of sp³-hybridized carbons (Fsp3) is 0.316. The van der Waals surface area contributed by atoms with E-state index in [4.69, 9.17) is 0 Å². The van der Waals surface area contributed by atoms with Crippen molar-refractivity contribution < 1.29 is 19.6 Å². The van der Waals surface area contributed by atoms with E-state index in [1.54, 1.807) is 6.07 Å². The molecule has 4 aliphatic rings. The summed E-state index contributed by atoms with van der Waals surface area (Å²) in [6.07, 6.45) is 3.70. The molecule has 2 N–H and O–H groups in total. The third-order valence-electron chi connectivity index (χ3n) is 9.54. The Bertz CT molecular complexity index is 2040. The van der Waals surface area contributed by atoms with Crippen LogP contribution in [0.2, 0.25) is 0 Å². The Kier molecular flexibility index (Phi) is 6.87. The van der Waals surface area contributed by atoms with Gasteiger partial charge in [0.05, 0.1) is 22.1 Å². The number of benzene rings is 1. The van der Waals surface area contributed by atoms with Gasteiger partial charge in [-0.15, -0.1) is 0 Å². The van der Waals surface area contributed by atoms with Crippen LogP contribution in [0.5, 0.6) is 5.75 Å². The Balaban J connectivity index is 1.46. The molecule has 0 unspecified atom stereocenters. The molecular formula is C38H38NO5+. The van der Waals surface area contributed by atoms with Crippen molar-refractivity contribution in [2.24, 2.45) is 0 Å². The second-order valence-electron chi connectivity index (χ2n) is 13.1. The summed E-state index contributed by atoms with van der Waals surface area (Å²) in [5, 5.41) is 21.5. The summed E-state index contributed by atoms with van der Waals surface area (Å²) in [5.74, 6) is -0.325. The van der Waals surface area contributed by atoms with Gasteiger partial charge in [0.1, 0.15) is 12.3 Å². The third kappa shape index (κ3) is 4.15. The minimum Gasteiger partial charge on any atom is -0.506 e. The lowest BCUT2D eigenvalue weighted by Gasteiger charge is -2.23. The first kappa shape index (κ1) is 29.5. The van der Waals surface area contributed by atoms with Gasteiger partial charge in [-0.1, -0.05) is 45.4 Å². The predicted octanol–water partition coefficient (Wildman–Crippen LogP) is 7.15. The second kappa shape index (κ2) is 10.3. The van der Waals surface area contributed by atoms with Crippen LogP contribution in [0.15, 0.2) is 69.5 Å². The lowest BCUT2D eigenvalue weighted by atomic mass is 9.76. The number of aliphatic hydroxyl groups is 1. The lowest BCUT2D eigenvalue weighted by Crippen LogP contribution is -2.32. The van der Waals surface area contributed by atoms with Gasteiger partial charge in [0, 0.05) is 24.1 Å². The van der Waals surface area contributed by atoms with Crippen molar-refractivity contribution in [3.05, 3.63) is 108 Å². The zero-order valence-electron chi connectivity index (χ0n) is 26.4. The number of hydrogen-bond acceptors (Lipinski definition) is 5. The number of ketones is 1. The largest absolute Gasteiger partial charge is 0.506 e. The monoisotopic (exact) mass is 588 g/mol. The van der Waals surface area contributed by atoms with Crippen LogP contribution in [0.4, 0.5) is 5.69 Å². The fourth-order valence-electron chi connectivity index (χ4n) is 6.83. The number of rotatable bonds is 7. The summed E-state index contributed by atoms with van der Waals surface area (Å²) < 4.78 is 2.18. The highest BCUT2D eigenvalue weighted by Gasteiger charge is 2.47. The number of aromatic hydroxyl groups is 1. The highest BCUT2D eigenvalue weighted by Crippen LogP contribution is 2.47. The molecule has 3 aliphatic carbocycles. The summed E-state index contributed by atoms with van der Waals surface area (Å²) in [6.45, 7) is 15.3. The molecule has 0 amide bonds. The summed E-state index contributed by atoms with van der Waals surface area (Å²) in [6, 6.07) is 13.9. The number of aliphatic hydroxyl groups excluding tert-OH is 1. The van der Waals surface area contributed by atoms with Crippen LogP contribution in [0.25, 0.3) is 27.8 Å². The molecule has 0 atom stereocenters. The van der Waals surface area contributed by atoms with E-state index in [-0.39, 0.29) is 22.7 Å². The molecule has 0 spiro atoms. The summed E-state index contributed by atoms with van der Waals surface area (Å²) >= 11 is 0. The predicted molar refractivity (Wildman–Crippen MR) is 175 cm³/mol. The van der Waals surface area contributed by atoms with Crippen LogP contribution >= 0.6 is 0 Å². The van der Waals surface area contributed by atoms with Crippen molar-refractivity contribution in [2.45, 2.75) is 72.6 Å². The van der Waals surface area contributed by atoms with Gasteiger partial charge in [-0.05, 0) is 90.8 Å². The zero-order chi connectivity index (χ0) is 31.8. The molecule has 224 valence electrons. The Hall–Kier alpha value is -4.58. The molecule has 0 fully saturated rings. The van der Waals surface area contributed by atoms with E-state index in [1.807, 2.05) is 52.0 Å². The molecule has 0 saturated carbocycles. The summed E-state index contributed by atoms with van der Waals surface area (Å²) in [7, 11) is 0. The van der Waals surface area contributed by atoms with E-state index in [0.717, 1.165) is 57.6 Å². The third-order valence-corrected chi connectivity index (χ3v) is 9.54. The van der Waals surface area contributed by atoms with Gasteiger partial charge in [0.15, 0.2) is 11.5 Å². The van der Waals surface area contributed by atoms with E-state index in [2.05, 4.69) is 43.5 Å². The van der Waals surface area contributed by atoms with Gasteiger partial charge in [-0.25, -0.2) is 0 Å². The molecule has 1 heterocycles. The SMILES string of the molecule is CCCC[N+]1=C(C=C2C(=O)C(c3cc(C)c4cc(C(C)C)ccc(C)c3-4)=C2O)C(C)(C)c2cc(-c3c(O)c(=O)c3=O)ccc21. The summed E-state index contributed by atoms with van der Waals surface area (Å²) in [5.41, 5.74) is 7.95. The van der Waals surface area contributed by atoms with Gasteiger partial charge in [0.25, 0.3) is 5.43 Å². The first-order valence-electron chi connectivity index (χ1n) is 15.4. The van der Waals surface area contributed by atoms with Crippen LogP contribution in [0, 0.1) is 13.8 Å². The minimum absolute atomic E-state index is 0.000862. The minimum atomic E-state index is -0.861. The van der Waals surface area contributed by atoms with E-state index in [0.29, 0.717) is 23.6 Å². The van der Waals surface area contributed by atoms with Crippen LogP contribution in [0.3, 0.4) is 0 Å². The number of Topliss-reactive ketones (excluding diaryl/α,β-unsaturated/α-hetero) is 1. The smallest absolute Gasteiger partial charge is 0.268 e. The number of allylic oxidation sites excluding steroid dienone is 3. The van der Waals surface area contributed by atoms with Crippen molar-refractivity contribution in [1.29, 1.82) is 0 Å². The molecule has 0 radical (unpaired) electrons. The number of aryl methyl sites for hydroxylation is 2. The first-order chi connectivity index (χ1) is 20.8. The fourth-order valence-corrected chi connectivity index (χ4v) is 6.83. The number of carbonyl (C=O) groups excluding carboxylic acids is 1. The summed E-state index contributed by atoms with van der Waals surface area (Å²) in [4.78, 5) is 37.8. The van der Waals surface area contributed by atoms with E-state index in [1.165, 1.54) is 5.56 Å². The van der Waals surface area contributed by atoms with E-state index >= 15 is 0 Å². The van der Waals surface area contributed by atoms with Crippen molar-refractivity contribution in [3.8, 4) is 28.0 Å². The quantitative estimate of drug-likeness (QED) is 0.136. The van der Waals surface area contributed by atoms with Crippen molar-refractivity contribution in [1.82, 2.24) is 0 Å². The maximum absolute atomic E-state index is 13.9. The molecule has 1 aliphatic heterocycles. The normalized spacial score (nSPS) is 17.0. The van der Waals surface area contributed by atoms with Crippen LogP contribution in [-0.4, -0.2) is 32.8 Å². The van der Waals surface area contributed by atoms with Gasteiger partial charge in [-0.2, -0.15) is 4.58 Å². The number of nitrogens with zero attached hydrogens (tertiary/aromatic N) is 1. The second-order valence-corrected chi connectivity index (χ2v) is 13.1. The molecule has 6 nitrogen and oxygen atoms in total. The van der Waals surface area contributed by atoms with Crippen LogP contribution < -0.4 is 10.9 Å². The average Bonchev–Trinajstić information content (AvgIpc) is 3.31. The highest BCUT2D eigenvalue weighted by molar-refractivity contribution is 6.41. The average molecular weight is 589 g/mol. The Morgan fingerprint density at radius 1 is 0.886 bits per heavy atom. The van der Waals surface area contributed by atoms with Gasteiger partial charge in [0.2, 0.25) is 16.9 Å². The first-order valence-corrected chi connectivity index (χ1v) is 15.4. The molecule has 0 bridgehead atoms. The maximum atomic E-state index is 13.9. The molecule has 0 aromatic heterocycles. The maximum Gasteiger partial charge on any atom is 0.268 e. The lowest BCUT2D eigenvalue weighted by molar-refractivity contribution is -0.438. The topological polar surface area (TPSA) is 94.7 Å². The Labute approximate surface area is 257 Å². The van der Waals surface area contributed by atoms with Crippen LogP contribution in [0.1, 0.15) is 81.2 Å². The van der Waals surface area contributed by atoms with Crippen molar-refractivity contribution >= 4 is 22.8 Å². The molecule has 0 saturated heterocycles. The van der Waals surface area contributed by atoms with E-state index in [9.17, 15) is 24.6 Å². The van der Waals surface area contributed by atoms with Gasteiger partial charge < -0.3 is 10.2 Å². The molecule has 6 heteroatoms. The number of carbonyl (C=O) groups is 1. The van der Waals surface area contributed by atoms with E-state index < -0.39 is 22.0 Å². The van der Waals surface area contributed by atoms with Crippen molar-refractivity contribution in [3.63, 3.8) is 0 Å². The number of fused-ring (bicyclic) bond motifs is 2. The highest BCUT2D eigenvalue weighted by atomic mass is 16.3. The molecule has 2 aromatic carbocycles. The molecule has 44 heavy (non-hydrogen) atoms. The number of hydrogen-bond donors (Lipinski definition) is 2.